The van der Waals surface area contributed by atoms with E-state index >= 15 is 0 Å². The molecule has 2 rings (SSSR count). The highest BCUT2D eigenvalue weighted by atomic mass is 16.5. The number of aliphatic carboxylic acids is 1. The average Bonchev–Trinajstić information content (AvgIpc) is 2.31. The van der Waals surface area contributed by atoms with Crippen LogP contribution < -0.4 is 0 Å². The number of rotatable bonds is 3. The number of hydrogen-bond donors (Lipinski definition) is 1. The van der Waals surface area contributed by atoms with Gasteiger partial charge >= 0.3 is 5.97 Å². The molecule has 0 bridgehead atoms. The molecule has 2 fully saturated rings. The lowest BCUT2D eigenvalue weighted by atomic mass is 9.84. The summed E-state index contributed by atoms with van der Waals surface area (Å²) in [5.74, 6) is -0.738. The molecule has 0 radical (unpaired) electrons. The van der Waals surface area contributed by atoms with Gasteiger partial charge in [-0.3, -0.25) is 0 Å². The summed E-state index contributed by atoms with van der Waals surface area (Å²) in [6, 6.07) is 0. The van der Waals surface area contributed by atoms with Crippen LogP contribution in [0.15, 0.2) is 0 Å². The molecule has 0 atom stereocenters. The number of carboxylic acids is 1. The van der Waals surface area contributed by atoms with Gasteiger partial charge in [0.1, 0.15) is 0 Å². The molecule has 1 N–H and O–H groups in total. The van der Waals surface area contributed by atoms with E-state index in [2.05, 4.69) is 0 Å². The van der Waals surface area contributed by atoms with E-state index in [4.69, 9.17) is 4.74 Å². The van der Waals surface area contributed by atoms with Gasteiger partial charge < -0.3 is 9.84 Å². The molecule has 0 saturated heterocycles. The van der Waals surface area contributed by atoms with Crippen LogP contribution in [-0.4, -0.2) is 22.8 Å². The van der Waals surface area contributed by atoms with E-state index in [0.717, 1.165) is 32.1 Å². The van der Waals surface area contributed by atoms with Crippen molar-refractivity contribution in [3.63, 3.8) is 0 Å². The Bertz CT molecular complexity index is 238. The van der Waals surface area contributed by atoms with Crippen molar-refractivity contribution in [3.8, 4) is 0 Å². The molecular formula is C13H22O3. The van der Waals surface area contributed by atoms with Gasteiger partial charge in [-0.2, -0.15) is 0 Å². The normalized spacial score (nSPS) is 26.5. The summed E-state index contributed by atoms with van der Waals surface area (Å²) in [5, 5.41) is 9.39. The van der Waals surface area contributed by atoms with Gasteiger partial charge in [0.05, 0.1) is 6.10 Å². The van der Waals surface area contributed by atoms with E-state index in [-0.39, 0.29) is 6.10 Å². The predicted octanol–water partition coefficient (Wildman–Crippen LogP) is 3.12. The molecule has 0 aliphatic heterocycles. The molecule has 3 nitrogen and oxygen atoms in total. The highest BCUT2D eigenvalue weighted by molar-refractivity contribution is 5.77. The largest absolute Gasteiger partial charge is 0.479 e. The summed E-state index contributed by atoms with van der Waals surface area (Å²) in [6.07, 6.45) is 10.5. The van der Waals surface area contributed by atoms with E-state index in [1.165, 1.54) is 19.3 Å². The van der Waals surface area contributed by atoms with Gasteiger partial charge in [-0.15, -0.1) is 0 Å². The van der Waals surface area contributed by atoms with Gasteiger partial charge in [-0.25, -0.2) is 4.79 Å². The van der Waals surface area contributed by atoms with Crippen LogP contribution in [0.5, 0.6) is 0 Å². The third-order valence-electron chi connectivity index (χ3n) is 4.00. The smallest absolute Gasteiger partial charge is 0.335 e. The lowest BCUT2D eigenvalue weighted by Crippen LogP contribution is -2.46. The zero-order chi connectivity index (χ0) is 11.4. The summed E-state index contributed by atoms with van der Waals surface area (Å²) in [6.45, 7) is 0. The molecule has 2 aliphatic rings. The van der Waals surface area contributed by atoms with E-state index in [0.29, 0.717) is 12.8 Å². The Kier molecular flexibility index (Phi) is 3.85. The summed E-state index contributed by atoms with van der Waals surface area (Å²) in [4.78, 5) is 11.4. The molecule has 16 heavy (non-hydrogen) atoms. The highest BCUT2D eigenvalue weighted by Crippen LogP contribution is 2.35. The van der Waals surface area contributed by atoms with E-state index in [1.807, 2.05) is 0 Å². The fraction of sp³-hybridized carbons (Fsp3) is 0.923. The first kappa shape index (κ1) is 11.9. The van der Waals surface area contributed by atoms with E-state index in [9.17, 15) is 9.90 Å². The van der Waals surface area contributed by atoms with Crippen molar-refractivity contribution >= 4 is 5.97 Å². The maximum absolute atomic E-state index is 11.4. The fourth-order valence-corrected chi connectivity index (χ4v) is 3.01. The minimum Gasteiger partial charge on any atom is -0.479 e. The zero-order valence-corrected chi connectivity index (χ0v) is 9.91. The quantitative estimate of drug-likeness (QED) is 0.804. The SMILES string of the molecule is O=C(O)C1(OC2CCCCC2)CCCCC1. The van der Waals surface area contributed by atoms with Crippen LogP contribution in [0, 0.1) is 0 Å². The second kappa shape index (κ2) is 5.17. The van der Waals surface area contributed by atoms with Gasteiger partial charge in [0, 0.05) is 0 Å². The van der Waals surface area contributed by atoms with Crippen LogP contribution >= 0.6 is 0 Å². The van der Waals surface area contributed by atoms with E-state index < -0.39 is 11.6 Å². The minimum atomic E-state index is -0.847. The summed E-state index contributed by atoms with van der Waals surface area (Å²) >= 11 is 0. The van der Waals surface area contributed by atoms with Crippen LogP contribution in [0.4, 0.5) is 0 Å². The third-order valence-corrected chi connectivity index (χ3v) is 4.00. The predicted molar refractivity (Wildman–Crippen MR) is 61.4 cm³/mol. The molecule has 2 saturated carbocycles. The van der Waals surface area contributed by atoms with Gasteiger partial charge in [0.2, 0.25) is 0 Å². The van der Waals surface area contributed by atoms with Crippen molar-refractivity contribution in [2.24, 2.45) is 0 Å². The van der Waals surface area contributed by atoms with Crippen molar-refractivity contribution < 1.29 is 14.6 Å². The Morgan fingerprint density at radius 2 is 1.56 bits per heavy atom. The Hall–Kier alpha value is -0.570. The Morgan fingerprint density at radius 3 is 2.12 bits per heavy atom. The standard InChI is InChI=1S/C13H22O3/c14-12(15)13(9-5-2-6-10-13)16-11-7-3-1-4-8-11/h11H,1-10H2,(H,14,15). The van der Waals surface area contributed by atoms with Gasteiger partial charge in [0.25, 0.3) is 0 Å². The van der Waals surface area contributed by atoms with Crippen molar-refractivity contribution in [3.05, 3.63) is 0 Å². The molecule has 0 aromatic carbocycles. The van der Waals surface area contributed by atoms with E-state index in [1.54, 1.807) is 0 Å². The molecule has 0 unspecified atom stereocenters. The average molecular weight is 226 g/mol. The topological polar surface area (TPSA) is 46.5 Å². The molecule has 92 valence electrons. The Balaban J connectivity index is 1.98. The molecule has 0 heterocycles. The first-order valence-electron chi connectivity index (χ1n) is 6.64. The summed E-state index contributed by atoms with van der Waals surface area (Å²) in [7, 11) is 0. The third kappa shape index (κ3) is 2.57. The minimum absolute atomic E-state index is 0.197. The first-order valence-corrected chi connectivity index (χ1v) is 6.64. The number of carboxylic acid groups (broad SMARTS) is 1. The van der Waals surface area contributed by atoms with Crippen LogP contribution in [-0.2, 0) is 9.53 Å². The zero-order valence-electron chi connectivity index (χ0n) is 9.91. The van der Waals surface area contributed by atoms with Crippen molar-refractivity contribution in [2.45, 2.75) is 75.9 Å². The lowest BCUT2D eigenvalue weighted by molar-refractivity contribution is -0.182. The molecule has 0 aromatic heterocycles. The molecular weight excluding hydrogens is 204 g/mol. The highest BCUT2D eigenvalue weighted by Gasteiger charge is 2.42. The van der Waals surface area contributed by atoms with Gasteiger partial charge in [-0.05, 0) is 38.5 Å². The van der Waals surface area contributed by atoms with Crippen LogP contribution in [0.25, 0.3) is 0 Å². The second-order valence-electron chi connectivity index (χ2n) is 5.24. The number of carbonyl (C=O) groups is 1. The first-order chi connectivity index (χ1) is 7.73. The molecule has 0 amide bonds. The maximum Gasteiger partial charge on any atom is 0.335 e. The molecule has 3 heteroatoms. The number of ether oxygens (including phenoxy) is 1. The Morgan fingerprint density at radius 1 is 1.00 bits per heavy atom. The fourth-order valence-electron chi connectivity index (χ4n) is 3.01. The summed E-state index contributed by atoms with van der Waals surface area (Å²) < 4.78 is 5.98. The van der Waals surface area contributed by atoms with Gasteiger partial charge in [-0.1, -0.05) is 25.7 Å². The molecule has 0 aromatic rings. The molecule has 2 aliphatic carbocycles. The Labute approximate surface area is 97.2 Å². The van der Waals surface area contributed by atoms with Gasteiger partial charge in [0.15, 0.2) is 5.60 Å². The molecule has 0 spiro atoms. The maximum atomic E-state index is 11.4. The monoisotopic (exact) mass is 226 g/mol. The number of hydrogen-bond acceptors (Lipinski definition) is 2. The lowest BCUT2D eigenvalue weighted by Gasteiger charge is -2.37. The van der Waals surface area contributed by atoms with Crippen LogP contribution in [0.1, 0.15) is 64.2 Å². The second-order valence-corrected chi connectivity index (χ2v) is 5.24. The summed E-state index contributed by atoms with van der Waals surface area (Å²) in [5.41, 5.74) is -0.847. The van der Waals surface area contributed by atoms with Crippen LogP contribution in [0.2, 0.25) is 0 Å². The van der Waals surface area contributed by atoms with Crippen molar-refractivity contribution in [2.75, 3.05) is 0 Å². The van der Waals surface area contributed by atoms with Crippen LogP contribution in [0.3, 0.4) is 0 Å². The van der Waals surface area contributed by atoms with Crippen molar-refractivity contribution in [1.82, 2.24) is 0 Å². The van der Waals surface area contributed by atoms with Crippen molar-refractivity contribution in [1.29, 1.82) is 0 Å².